The minimum atomic E-state index is -0.230. The zero-order valence-corrected chi connectivity index (χ0v) is 14.2. The Kier molecular flexibility index (Phi) is 5.48. The van der Waals surface area contributed by atoms with Crippen molar-refractivity contribution in [2.75, 3.05) is 19.6 Å². The molecule has 1 unspecified atom stereocenters. The lowest BCUT2D eigenvalue weighted by Crippen LogP contribution is -2.41. The monoisotopic (exact) mass is 348 g/mol. The maximum absolute atomic E-state index is 12.3. The van der Waals surface area contributed by atoms with Crippen LogP contribution in [0, 0.1) is 0 Å². The zero-order chi connectivity index (χ0) is 16.9. The van der Waals surface area contributed by atoms with Crippen molar-refractivity contribution in [3.8, 4) is 0 Å². The van der Waals surface area contributed by atoms with E-state index in [1.807, 2.05) is 24.3 Å². The highest BCUT2D eigenvalue weighted by Gasteiger charge is 2.26. The van der Waals surface area contributed by atoms with E-state index in [0.717, 1.165) is 31.5 Å². The van der Waals surface area contributed by atoms with Crippen molar-refractivity contribution in [3.05, 3.63) is 34.9 Å². The molecule has 2 aliphatic rings. The molecule has 7 heteroatoms. The minimum Gasteiger partial charge on any atom is -0.349 e. The summed E-state index contributed by atoms with van der Waals surface area (Å²) in [5.74, 6) is -0.385. The number of amides is 2. The highest BCUT2D eigenvalue weighted by Crippen LogP contribution is 2.29. The fourth-order valence-corrected chi connectivity index (χ4v) is 3.43. The number of nitrogens with zero attached hydrogens (tertiary/aromatic N) is 2. The maximum atomic E-state index is 12.3. The van der Waals surface area contributed by atoms with Crippen molar-refractivity contribution in [1.29, 1.82) is 0 Å². The van der Waals surface area contributed by atoms with Gasteiger partial charge >= 0.3 is 0 Å². The van der Waals surface area contributed by atoms with Gasteiger partial charge in [0.1, 0.15) is 5.71 Å². The second-order valence-electron chi connectivity index (χ2n) is 6.08. The number of halogens is 1. The molecule has 1 aromatic rings. The van der Waals surface area contributed by atoms with Gasteiger partial charge in [0.2, 0.25) is 5.91 Å². The van der Waals surface area contributed by atoms with E-state index in [9.17, 15) is 9.59 Å². The summed E-state index contributed by atoms with van der Waals surface area (Å²) in [7, 11) is 0. The molecule has 2 heterocycles. The lowest BCUT2D eigenvalue weighted by atomic mass is 10.0. The number of hydrazone groups is 1. The van der Waals surface area contributed by atoms with Gasteiger partial charge in [-0.25, -0.2) is 5.43 Å². The summed E-state index contributed by atoms with van der Waals surface area (Å²) in [6.07, 6.45) is 2.99. The molecular formula is C17H21ClN4O2. The van der Waals surface area contributed by atoms with Crippen LogP contribution in [0.4, 0.5) is 0 Å². The normalized spacial score (nSPS) is 19.5. The van der Waals surface area contributed by atoms with Crippen LogP contribution in [0.3, 0.4) is 0 Å². The van der Waals surface area contributed by atoms with E-state index >= 15 is 0 Å². The molecule has 24 heavy (non-hydrogen) atoms. The third-order valence-electron chi connectivity index (χ3n) is 4.47. The van der Waals surface area contributed by atoms with Crippen molar-refractivity contribution in [1.82, 2.24) is 15.6 Å². The molecule has 1 fully saturated rings. The third-order valence-corrected chi connectivity index (χ3v) is 4.81. The number of hydrogen-bond acceptors (Lipinski definition) is 4. The van der Waals surface area contributed by atoms with E-state index in [1.165, 1.54) is 0 Å². The number of carbonyl (C=O) groups excluding carboxylic acids is 2. The van der Waals surface area contributed by atoms with Gasteiger partial charge in [-0.15, -0.1) is 0 Å². The van der Waals surface area contributed by atoms with Crippen LogP contribution in [0.15, 0.2) is 29.4 Å². The second kappa shape index (κ2) is 7.77. The predicted molar refractivity (Wildman–Crippen MR) is 92.8 cm³/mol. The summed E-state index contributed by atoms with van der Waals surface area (Å²) in [4.78, 5) is 25.8. The van der Waals surface area contributed by atoms with E-state index in [0.29, 0.717) is 30.1 Å². The molecule has 128 valence electrons. The number of carbonyl (C=O) groups is 2. The number of nitrogens with one attached hydrogen (secondary N) is 2. The van der Waals surface area contributed by atoms with Crippen LogP contribution in [0.2, 0.25) is 5.02 Å². The van der Waals surface area contributed by atoms with Crippen molar-refractivity contribution in [2.45, 2.75) is 31.7 Å². The fourth-order valence-electron chi connectivity index (χ4n) is 3.16. The van der Waals surface area contributed by atoms with E-state index < -0.39 is 0 Å². The summed E-state index contributed by atoms with van der Waals surface area (Å²) in [6.45, 7) is 2.47. The SMILES string of the molecule is O=C1CCC(C(=O)NCC(c2ccccc2Cl)N2CCCC2)=NN1. The van der Waals surface area contributed by atoms with Crippen LogP contribution in [-0.2, 0) is 9.59 Å². The van der Waals surface area contributed by atoms with Crippen LogP contribution in [0.5, 0.6) is 0 Å². The number of rotatable bonds is 5. The first-order valence-electron chi connectivity index (χ1n) is 8.27. The highest BCUT2D eigenvalue weighted by atomic mass is 35.5. The van der Waals surface area contributed by atoms with Gasteiger partial charge in [-0.1, -0.05) is 29.8 Å². The Morgan fingerprint density at radius 1 is 1.29 bits per heavy atom. The van der Waals surface area contributed by atoms with E-state index in [2.05, 4.69) is 20.7 Å². The first-order valence-corrected chi connectivity index (χ1v) is 8.65. The first kappa shape index (κ1) is 16.9. The molecule has 1 aromatic carbocycles. The van der Waals surface area contributed by atoms with Crippen molar-refractivity contribution >= 4 is 29.1 Å². The molecule has 2 amide bonds. The molecule has 1 saturated heterocycles. The predicted octanol–water partition coefficient (Wildman–Crippen LogP) is 1.86. The molecular weight excluding hydrogens is 328 g/mol. The van der Waals surface area contributed by atoms with Crippen LogP contribution >= 0.6 is 11.6 Å². The molecule has 0 aliphatic carbocycles. The Morgan fingerprint density at radius 2 is 2.04 bits per heavy atom. The number of likely N-dealkylation sites (tertiary alicyclic amines) is 1. The van der Waals surface area contributed by atoms with Crippen LogP contribution in [0.25, 0.3) is 0 Å². The molecule has 3 rings (SSSR count). The van der Waals surface area contributed by atoms with Gasteiger partial charge in [0.25, 0.3) is 5.91 Å². The molecule has 2 aliphatic heterocycles. The molecule has 2 N–H and O–H groups in total. The zero-order valence-electron chi connectivity index (χ0n) is 13.4. The Labute approximate surface area is 146 Å². The molecule has 0 aromatic heterocycles. The molecule has 1 atom stereocenters. The fraction of sp³-hybridized carbons (Fsp3) is 0.471. The van der Waals surface area contributed by atoms with Crippen LogP contribution < -0.4 is 10.7 Å². The van der Waals surface area contributed by atoms with Gasteiger partial charge in [-0.3, -0.25) is 14.5 Å². The first-order chi connectivity index (χ1) is 11.6. The largest absolute Gasteiger partial charge is 0.349 e. The van der Waals surface area contributed by atoms with Gasteiger partial charge in [0.15, 0.2) is 0 Å². The topological polar surface area (TPSA) is 73.8 Å². The van der Waals surface area contributed by atoms with E-state index in [1.54, 1.807) is 0 Å². The van der Waals surface area contributed by atoms with Crippen molar-refractivity contribution < 1.29 is 9.59 Å². The molecule has 0 bridgehead atoms. The van der Waals surface area contributed by atoms with E-state index in [4.69, 9.17) is 11.6 Å². The van der Waals surface area contributed by atoms with Gasteiger partial charge in [0.05, 0.1) is 6.04 Å². The lowest BCUT2D eigenvalue weighted by Gasteiger charge is -2.29. The van der Waals surface area contributed by atoms with Gasteiger partial charge in [-0.05, 0) is 37.6 Å². The number of hydrogen-bond donors (Lipinski definition) is 2. The number of benzene rings is 1. The summed E-state index contributed by atoms with van der Waals surface area (Å²) in [5.41, 5.74) is 3.75. The Hall–Kier alpha value is -1.92. The third kappa shape index (κ3) is 3.94. The quantitative estimate of drug-likeness (QED) is 0.853. The molecule has 0 saturated carbocycles. The maximum Gasteiger partial charge on any atom is 0.267 e. The summed E-state index contributed by atoms with van der Waals surface area (Å²) in [6, 6.07) is 7.81. The van der Waals surface area contributed by atoms with Gasteiger partial charge < -0.3 is 5.32 Å². The summed E-state index contributed by atoms with van der Waals surface area (Å²) >= 11 is 6.37. The van der Waals surface area contributed by atoms with Crippen molar-refractivity contribution in [3.63, 3.8) is 0 Å². The average molecular weight is 349 g/mol. The lowest BCUT2D eigenvalue weighted by molar-refractivity contribution is -0.121. The van der Waals surface area contributed by atoms with Crippen molar-refractivity contribution in [2.24, 2.45) is 5.10 Å². The smallest absolute Gasteiger partial charge is 0.267 e. The van der Waals surface area contributed by atoms with E-state index in [-0.39, 0.29) is 17.9 Å². The molecule has 0 spiro atoms. The van der Waals surface area contributed by atoms with Gasteiger partial charge in [-0.2, -0.15) is 5.10 Å². The Balaban J connectivity index is 1.69. The Morgan fingerprint density at radius 3 is 2.71 bits per heavy atom. The summed E-state index contributed by atoms with van der Waals surface area (Å²) in [5, 5.41) is 7.50. The highest BCUT2D eigenvalue weighted by molar-refractivity contribution is 6.39. The van der Waals surface area contributed by atoms with Crippen LogP contribution in [0.1, 0.15) is 37.3 Å². The average Bonchev–Trinajstić information content (AvgIpc) is 3.11. The van der Waals surface area contributed by atoms with Crippen LogP contribution in [-0.4, -0.2) is 42.1 Å². The standard InChI is InChI=1S/C17H21ClN4O2/c18-13-6-2-1-5-12(13)15(22-9-3-4-10-22)11-19-17(24)14-7-8-16(23)21-20-14/h1-2,5-6,15H,3-4,7-11H2,(H,19,24)(H,21,23). The molecule has 0 radical (unpaired) electrons. The van der Waals surface area contributed by atoms with Gasteiger partial charge in [0, 0.05) is 24.4 Å². The second-order valence-corrected chi connectivity index (χ2v) is 6.49. The Bertz CT molecular complexity index is 656. The summed E-state index contributed by atoms with van der Waals surface area (Å²) < 4.78 is 0. The molecule has 6 nitrogen and oxygen atoms in total. The minimum absolute atomic E-state index is 0.0453.